The number of likely N-dealkylation sites (N-methyl/N-ethyl adjacent to an activating group) is 1. The summed E-state index contributed by atoms with van der Waals surface area (Å²) in [7, 11) is 2.24. The molecule has 1 heterocycles. The Labute approximate surface area is 101 Å². The second-order valence-corrected chi connectivity index (χ2v) is 6.14. The predicted molar refractivity (Wildman–Crippen MR) is 70.9 cm³/mol. The SMILES string of the molecule is CC(C)CN(C)CC(C)(C)N1CCNCC1. The van der Waals surface area contributed by atoms with Gasteiger partial charge in [-0.05, 0) is 26.8 Å². The van der Waals surface area contributed by atoms with Gasteiger partial charge in [-0.3, -0.25) is 4.90 Å². The molecule has 0 bridgehead atoms. The van der Waals surface area contributed by atoms with Crippen LogP contribution in [-0.4, -0.2) is 61.7 Å². The molecule has 0 aromatic carbocycles. The van der Waals surface area contributed by atoms with E-state index >= 15 is 0 Å². The molecule has 0 amide bonds. The minimum Gasteiger partial charge on any atom is -0.314 e. The number of nitrogens with one attached hydrogen (secondary N) is 1. The molecule has 0 unspecified atom stereocenters. The molecule has 0 aromatic heterocycles. The molecule has 0 saturated carbocycles. The molecule has 1 N–H and O–H groups in total. The molecule has 3 nitrogen and oxygen atoms in total. The second-order valence-electron chi connectivity index (χ2n) is 6.14. The Morgan fingerprint density at radius 2 is 1.81 bits per heavy atom. The first-order chi connectivity index (χ1) is 7.42. The van der Waals surface area contributed by atoms with Crippen LogP contribution < -0.4 is 5.32 Å². The summed E-state index contributed by atoms with van der Waals surface area (Å²) < 4.78 is 0. The van der Waals surface area contributed by atoms with Crippen LogP contribution in [0.15, 0.2) is 0 Å². The van der Waals surface area contributed by atoms with E-state index < -0.39 is 0 Å². The van der Waals surface area contributed by atoms with Crippen molar-refractivity contribution in [2.24, 2.45) is 5.92 Å². The molecule has 3 heteroatoms. The minimum absolute atomic E-state index is 0.297. The van der Waals surface area contributed by atoms with Crippen molar-refractivity contribution in [1.82, 2.24) is 15.1 Å². The zero-order chi connectivity index (χ0) is 12.2. The molecule has 0 radical (unpaired) electrons. The van der Waals surface area contributed by atoms with Crippen LogP contribution in [-0.2, 0) is 0 Å². The summed E-state index contributed by atoms with van der Waals surface area (Å²) in [6.45, 7) is 16.3. The zero-order valence-corrected chi connectivity index (χ0v) is 11.7. The van der Waals surface area contributed by atoms with Gasteiger partial charge in [-0.1, -0.05) is 13.8 Å². The lowest BCUT2D eigenvalue weighted by atomic mass is 10.0. The molecule has 0 atom stereocenters. The highest BCUT2D eigenvalue weighted by molar-refractivity contribution is 4.87. The maximum absolute atomic E-state index is 3.42. The Bertz CT molecular complexity index is 195. The molecule has 0 spiro atoms. The summed E-state index contributed by atoms with van der Waals surface area (Å²) in [5.41, 5.74) is 0.297. The molecule has 0 aliphatic carbocycles. The van der Waals surface area contributed by atoms with Gasteiger partial charge < -0.3 is 10.2 Å². The van der Waals surface area contributed by atoms with Crippen LogP contribution in [0.3, 0.4) is 0 Å². The number of piperazine rings is 1. The molecule has 1 aliphatic rings. The van der Waals surface area contributed by atoms with Gasteiger partial charge in [0.2, 0.25) is 0 Å². The van der Waals surface area contributed by atoms with Crippen molar-refractivity contribution >= 4 is 0 Å². The van der Waals surface area contributed by atoms with E-state index in [9.17, 15) is 0 Å². The Hall–Kier alpha value is -0.120. The van der Waals surface area contributed by atoms with E-state index in [0.29, 0.717) is 5.54 Å². The van der Waals surface area contributed by atoms with E-state index in [4.69, 9.17) is 0 Å². The van der Waals surface area contributed by atoms with E-state index in [1.54, 1.807) is 0 Å². The Balaban J connectivity index is 2.42. The lowest BCUT2D eigenvalue weighted by Gasteiger charge is -2.43. The van der Waals surface area contributed by atoms with Gasteiger partial charge >= 0.3 is 0 Å². The highest BCUT2D eigenvalue weighted by Crippen LogP contribution is 2.16. The van der Waals surface area contributed by atoms with Gasteiger partial charge in [-0.25, -0.2) is 0 Å². The molecule has 0 aromatic rings. The average Bonchev–Trinajstić information content (AvgIpc) is 2.16. The third kappa shape index (κ3) is 4.40. The van der Waals surface area contributed by atoms with Gasteiger partial charge in [0.1, 0.15) is 0 Å². The summed E-state index contributed by atoms with van der Waals surface area (Å²) in [4.78, 5) is 5.08. The molecular weight excluding hydrogens is 198 g/mol. The maximum atomic E-state index is 3.42. The summed E-state index contributed by atoms with van der Waals surface area (Å²) in [5, 5.41) is 3.42. The summed E-state index contributed by atoms with van der Waals surface area (Å²) in [5.74, 6) is 0.754. The van der Waals surface area contributed by atoms with Crippen LogP contribution in [0, 0.1) is 5.92 Å². The quantitative estimate of drug-likeness (QED) is 0.763. The largest absolute Gasteiger partial charge is 0.314 e. The minimum atomic E-state index is 0.297. The maximum Gasteiger partial charge on any atom is 0.0281 e. The third-order valence-electron chi connectivity index (χ3n) is 3.31. The smallest absolute Gasteiger partial charge is 0.0281 e. The number of hydrogen-bond donors (Lipinski definition) is 1. The third-order valence-corrected chi connectivity index (χ3v) is 3.31. The van der Waals surface area contributed by atoms with Crippen LogP contribution in [0.25, 0.3) is 0 Å². The first-order valence-electron chi connectivity index (χ1n) is 6.56. The van der Waals surface area contributed by atoms with E-state index in [2.05, 4.69) is 49.9 Å². The van der Waals surface area contributed by atoms with Crippen molar-refractivity contribution in [2.45, 2.75) is 33.2 Å². The van der Waals surface area contributed by atoms with Crippen molar-refractivity contribution in [3.05, 3.63) is 0 Å². The normalized spacial score (nSPS) is 19.7. The van der Waals surface area contributed by atoms with Gasteiger partial charge in [0, 0.05) is 44.8 Å². The van der Waals surface area contributed by atoms with Crippen LogP contribution in [0.4, 0.5) is 0 Å². The Morgan fingerprint density at radius 3 is 2.31 bits per heavy atom. The fraction of sp³-hybridized carbons (Fsp3) is 1.00. The highest BCUT2D eigenvalue weighted by atomic mass is 15.3. The molecule has 1 aliphatic heterocycles. The molecule has 1 fully saturated rings. The summed E-state index contributed by atoms with van der Waals surface area (Å²) in [6, 6.07) is 0. The van der Waals surface area contributed by atoms with Crippen LogP contribution >= 0.6 is 0 Å². The van der Waals surface area contributed by atoms with Crippen LogP contribution in [0.2, 0.25) is 0 Å². The Morgan fingerprint density at radius 1 is 1.25 bits per heavy atom. The number of hydrogen-bond acceptors (Lipinski definition) is 3. The lowest BCUT2D eigenvalue weighted by Crippen LogP contribution is -2.57. The topological polar surface area (TPSA) is 18.5 Å². The first-order valence-corrected chi connectivity index (χ1v) is 6.56. The van der Waals surface area contributed by atoms with Crippen molar-refractivity contribution in [3.63, 3.8) is 0 Å². The van der Waals surface area contributed by atoms with Crippen molar-refractivity contribution in [3.8, 4) is 0 Å². The van der Waals surface area contributed by atoms with Gasteiger partial charge in [0.15, 0.2) is 0 Å². The lowest BCUT2D eigenvalue weighted by molar-refractivity contribution is 0.0682. The Kier molecular flexibility index (Phi) is 5.22. The number of rotatable bonds is 5. The molecule has 96 valence electrons. The van der Waals surface area contributed by atoms with E-state index in [1.165, 1.54) is 19.6 Å². The molecular formula is C13H29N3. The first kappa shape index (κ1) is 13.9. The molecule has 1 saturated heterocycles. The number of nitrogens with zero attached hydrogens (tertiary/aromatic N) is 2. The van der Waals surface area contributed by atoms with Gasteiger partial charge in [-0.15, -0.1) is 0 Å². The second kappa shape index (κ2) is 5.99. The van der Waals surface area contributed by atoms with E-state index in [1.807, 2.05) is 0 Å². The van der Waals surface area contributed by atoms with Crippen molar-refractivity contribution in [1.29, 1.82) is 0 Å². The van der Waals surface area contributed by atoms with Gasteiger partial charge in [0.25, 0.3) is 0 Å². The van der Waals surface area contributed by atoms with Crippen molar-refractivity contribution in [2.75, 3.05) is 46.3 Å². The monoisotopic (exact) mass is 227 g/mol. The van der Waals surface area contributed by atoms with Crippen LogP contribution in [0.1, 0.15) is 27.7 Å². The van der Waals surface area contributed by atoms with Gasteiger partial charge in [0.05, 0.1) is 0 Å². The summed E-state index contributed by atoms with van der Waals surface area (Å²) in [6.07, 6.45) is 0. The van der Waals surface area contributed by atoms with Crippen molar-refractivity contribution < 1.29 is 0 Å². The fourth-order valence-electron chi connectivity index (χ4n) is 2.72. The predicted octanol–water partition coefficient (Wildman–Crippen LogP) is 1.26. The molecule has 1 rings (SSSR count). The van der Waals surface area contributed by atoms with E-state index in [0.717, 1.165) is 25.6 Å². The molecule has 16 heavy (non-hydrogen) atoms. The summed E-state index contributed by atoms with van der Waals surface area (Å²) >= 11 is 0. The standard InChI is InChI=1S/C13H29N3/c1-12(2)10-15(5)11-13(3,4)16-8-6-14-7-9-16/h12,14H,6-11H2,1-5H3. The van der Waals surface area contributed by atoms with E-state index in [-0.39, 0.29) is 0 Å². The van der Waals surface area contributed by atoms with Crippen LogP contribution in [0.5, 0.6) is 0 Å². The highest BCUT2D eigenvalue weighted by Gasteiger charge is 2.28. The fourth-order valence-corrected chi connectivity index (χ4v) is 2.72. The zero-order valence-electron chi connectivity index (χ0n) is 11.7. The average molecular weight is 227 g/mol. The van der Waals surface area contributed by atoms with Gasteiger partial charge in [-0.2, -0.15) is 0 Å².